The van der Waals surface area contributed by atoms with E-state index in [2.05, 4.69) is 10.6 Å². The monoisotopic (exact) mass is 209 g/mol. The van der Waals surface area contributed by atoms with E-state index in [0.717, 1.165) is 5.69 Å². The first-order valence-corrected chi connectivity index (χ1v) is 5.19. The lowest BCUT2D eigenvalue weighted by Gasteiger charge is -2.09. The van der Waals surface area contributed by atoms with Crippen LogP contribution in [-0.4, -0.2) is 15.8 Å². The van der Waals surface area contributed by atoms with Crippen LogP contribution < -0.4 is 10.6 Å². The summed E-state index contributed by atoms with van der Waals surface area (Å²) in [5.41, 5.74) is 0.826. The quantitative estimate of drug-likeness (QED) is 0.766. The van der Waals surface area contributed by atoms with E-state index in [9.17, 15) is 4.79 Å². The summed E-state index contributed by atoms with van der Waals surface area (Å²) in [7, 11) is 1.92. The minimum atomic E-state index is -0.199. The normalized spacial score (nSPS) is 19.4. The molecule has 2 N–H and O–H groups in total. The summed E-state index contributed by atoms with van der Waals surface area (Å²) in [6.07, 6.45) is 5.54. The Labute approximate surface area is 86.4 Å². The number of nitrogens with zero attached hydrogens (tertiary/aromatic N) is 1. The van der Waals surface area contributed by atoms with Gasteiger partial charge in [0.05, 0.1) is 5.69 Å². The first kappa shape index (κ1) is 9.21. The van der Waals surface area contributed by atoms with E-state index in [-0.39, 0.29) is 11.3 Å². The number of aromatic nitrogens is 1. The fourth-order valence-corrected chi connectivity index (χ4v) is 1.86. The second-order valence-corrected chi connectivity index (χ2v) is 4.06. The van der Waals surface area contributed by atoms with E-state index in [1.807, 2.05) is 35.5 Å². The average molecular weight is 209 g/mol. The molecule has 1 aromatic heterocycles. The first-order chi connectivity index (χ1) is 6.75. The van der Waals surface area contributed by atoms with Crippen molar-refractivity contribution in [3.63, 3.8) is 0 Å². The number of rotatable bonds is 2. The molecule has 0 bridgehead atoms. The van der Waals surface area contributed by atoms with Crippen LogP contribution in [0.3, 0.4) is 0 Å². The minimum Gasteiger partial charge on any atom is -0.371 e. The molecule has 0 radical (unpaired) electrons. The van der Waals surface area contributed by atoms with Crippen molar-refractivity contribution < 1.29 is 4.79 Å². The Morgan fingerprint density at radius 3 is 3.14 bits per heavy atom. The summed E-state index contributed by atoms with van der Waals surface area (Å²) < 4.78 is 1.89. The summed E-state index contributed by atoms with van der Waals surface area (Å²) in [5, 5.41) is 7.44. The predicted molar refractivity (Wildman–Crippen MR) is 57.7 cm³/mol. The van der Waals surface area contributed by atoms with Crippen LogP contribution in [-0.2, 0) is 11.8 Å². The fourth-order valence-electron chi connectivity index (χ4n) is 1.21. The molecule has 0 aliphatic carbocycles. The number of carbonyl (C=O) groups excluding carboxylic acids is 1. The van der Waals surface area contributed by atoms with E-state index in [1.54, 1.807) is 6.20 Å². The Kier molecular flexibility index (Phi) is 2.49. The van der Waals surface area contributed by atoms with Crippen LogP contribution in [0.25, 0.3) is 0 Å². The first-order valence-electron chi connectivity index (χ1n) is 4.25. The van der Waals surface area contributed by atoms with Gasteiger partial charge >= 0.3 is 0 Å². The molecule has 5 heteroatoms. The van der Waals surface area contributed by atoms with Crippen LogP contribution in [0.15, 0.2) is 30.1 Å². The molecule has 2 heterocycles. The lowest BCUT2D eigenvalue weighted by molar-refractivity contribution is -0.116. The SMILES string of the molecule is Cn1ccc(NC(=O)C2NC=CS2)c1. The Morgan fingerprint density at radius 2 is 2.57 bits per heavy atom. The predicted octanol–water partition coefficient (Wildman–Crippen LogP) is 1.10. The van der Waals surface area contributed by atoms with Gasteiger partial charge in [-0.15, -0.1) is 0 Å². The van der Waals surface area contributed by atoms with Gasteiger partial charge in [-0.1, -0.05) is 11.8 Å². The smallest absolute Gasteiger partial charge is 0.257 e. The van der Waals surface area contributed by atoms with Crippen molar-refractivity contribution in [1.82, 2.24) is 9.88 Å². The number of hydrogen-bond donors (Lipinski definition) is 2. The van der Waals surface area contributed by atoms with E-state index >= 15 is 0 Å². The van der Waals surface area contributed by atoms with Gasteiger partial charge in [-0.3, -0.25) is 4.79 Å². The zero-order valence-electron chi connectivity index (χ0n) is 7.73. The van der Waals surface area contributed by atoms with Crippen LogP contribution in [0.5, 0.6) is 0 Å². The maximum absolute atomic E-state index is 11.6. The molecule has 1 atom stereocenters. The molecular weight excluding hydrogens is 198 g/mol. The molecule has 14 heavy (non-hydrogen) atoms. The third kappa shape index (κ3) is 1.93. The fraction of sp³-hybridized carbons (Fsp3) is 0.222. The molecule has 1 unspecified atom stereocenters. The number of anilines is 1. The average Bonchev–Trinajstić information content (AvgIpc) is 2.75. The van der Waals surface area contributed by atoms with E-state index in [0.29, 0.717) is 0 Å². The molecule has 1 aromatic rings. The van der Waals surface area contributed by atoms with Crippen LogP contribution in [0.2, 0.25) is 0 Å². The maximum Gasteiger partial charge on any atom is 0.257 e. The van der Waals surface area contributed by atoms with E-state index < -0.39 is 0 Å². The number of amides is 1. The van der Waals surface area contributed by atoms with Gasteiger partial charge in [-0.25, -0.2) is 0 Å². The Bertz CT molecular complexity index is 364. The number of aryl methyl sites for hydroxylation is 1. The summed E-state index contributed by atoms with van der Waals surface area (Å²) in [4.78, 5) is 11.6. The molecule has 1 aliphatic heterocycles. The Hall–Kier alpha value is -1.36. The third-order valence-corrected chi connectivity index (χ3v) is 2.78. The van der Waals surface area contributed by atoms with Gasteiger partial charge in [0.15, 0.2) is 5.37 Å². The summed E-state index contributed by atoms with van der Waals surface area (Å²) in [6.45, 7) is 0. The zero-order chi connectivity index (χ0) is 9.97. The highest BCUT2D eigenvalue weighted by molar-refractivity contribution is 8.03. The molecule has 0 spiro atoms. The van der Waals surface area contributed by atoms with Gasteiger partial charge in [-0.05, 0) is 11.5 Å². The van der Waals surface area contributed by atoms with Crippen LogP contribution in [0, 0.1) is 0 Å². The van der Waals surface area contributed by atoms with Crippen LogP contribution >= 0.6 is 11.8 Å². The van der Waals surface area contributed by atoms with Gasteiger partial charge in [-0.2, -0.15) is 0 Å². The van der Waals surface area contributed by atoms with Crippen molar-refractivity contribution >= 4 is 23.4 Å². The lowest BCUT2D eigenvalue weighted by Crippen LogP contribution is -2.32. The molecule has 2 rings (SSSR count). The van der Waals surface area contributed by atoms with Crippen molar-refractivity contribution in [3.05, 3.63) is 30.1 Å². The van der Waals surface area contributed by atoms with E-state index in [4.69, 9.17) is 0 Å². The van der Waals surface area contributed by atoms with Crippen molar-refractivity contribution in [1.29, 1.82) is 0 Å². The minimum absolute atomic E-state index is 0.0220. The third-order valence-electron chi connectivity index (χ3n) is 1.87. The van der Waals surface area contributed by atoms with Gasteiger partial charge in [0.2, 0.25) is 0 Å². The molecular formula is C9H11N3OS. The van der Waals surface area contributed by atoms with E-state index in [1.165, 1.54) is 11.8 Å². The molecule has 0 saturated carbocycles. The number of thioether (sulfide) groups is 1. The lowest BCUT2D eigenvalue weighted by atomic mass is 10.5. The molecule has 1 aliphatic rings. The van der Waals surface area contributed by atoms with Crippen molar-refractivity contribution in [3.8, 4) is 0 Å². The highest BCUT2D eigenvalue weighted by Crippen LogP contribution is 2.17. The number of nitrogens with one attached hydrogen (secondary N) is 2. The van der Waals surface area contributed by atoms with Crippen molar-refractivity contribution in [2.45, 2.75) is 5.37 Å². The summed E-state index contributed by atoms with van der Waals surface area (Å²) in [6, 6.07) is 1.87. The molecule has 1 amide bonds. The van der Waals surface area contributed by atoms with Gasteiger partial charge < -0.3 is 15.2 Å². The second-order valence-electron chi connectivity index (χ2n) is 3.04. The Balaban J connectivity index is 1.94. The molecule has 74 valence electrons. The van der Waals surface area contributed by atoms with Gasteiger partial charge in [0, 0.05) is 25.6 Å². The topological polar surface area (TPSA) is 46.1 Å². The van der Waals surface area contributed by atoms with Crippen molar-refractivity contribution in [2.75, 3.05) is 5.32 Å². The number of hydrogen-bond acceptors (Lipinski definition) is 3. The highest BCUT2D eigenvalue weighted by atomic mass is 32.2. The molecule has 0 fully saturated rings. The summed E-state index contributed by atoms with van der Waals surface area (Å²) >= 11 is 1.47. The van der Waals surface area contributed by atoms with Crippen LogP contribution in [0.1, 0.15) is 0 Å². The summed E-state index contributed by atoms with van der Waals surface area (Å²) in [5.74, 6) is -0.0220. The maximum atomic E-state index is 11.6. The number of carbonyl (C=O) groups is 1. The standard InChI is InChI=1S/C9H11N3OS/c1-12-4-2-7(6-12)11-8(13)9-10-3-5-14-9/h2-6,9-10H,1H3,(H,11,13). The largest absolute Gasteiger partial charge is 0.371 e. The van der Waals surface area contributed by atoms with Crippen LogP contribution in [0.4, 0.5) is 5.69 Å². The van der Waals surface area contributed by atoms with Crippen molar-refractivity contribution in [2.24, 2.45) is 7.05 Å². The van der Waals surface area contributed by atoms with Gasteiger partial charge in [0.25, 0.3) is 5.91 Å². The van der Waals surface area contributed by atoms with Gasteiger partial charge in [0.1, 0.15) is 0 Å². The highest BCUT2D eigenvalue weighted by Gasteiger charge is 2.19. The molecule has 0 saturated heterocycles. The molecule has 4 nitrogen and oxygen atoms in total. The molecule has 0 aromatic carbocycles. The zero-order valence-corrected chi connectivity index (χ0v) is 8.54. The Morgan fingerprint density at radius 1 is 1.71 bits per heavy atom. The second kappa shape index (κ2) is 3.79.